The summed E-state index contributed by atoms with van der Waals surface area (Å²) in [6, 6.07) is 3.60. The Morgan fingerprint density at radius 1 is 1.06 bits per heavy atom. The molecule has 0 bridgehead atoms. The fourth-order valence-corrected chi connectivity index (χ4v) is 5.16. The first-order valence-corrected chi connectivity index (χ1v) is 11.9. The summed E-state index contributed by atoms with van der Waals surface area (Å²) in [5, 5.41) is 2.88. The zero-order valence-corrected chi connectivity index (χ0v) is 18.9. The van der Waals surface area contributed by atoms with Crippen LogP contribution in [0.15, 0.2) is 18.2 Å². The van der Waals surface area contributed by atoms with E-state index in [1.165, 1.54) is 12.1 Å². The van der Waals surface area contributed by atoms with Gasteiger partial charge in [-0.2, -0.15) is 13.2 Å². The lowest BCUT2D eigenvalue weighted by Gasteiger charge is -2.45. The van der Waals surface area contributed by atoms with Crippen molar-refractivity contribution in [2.24, 2.45) is 0 Å². The van der Waals surface area contributed by atoms with E-state index >= 15 is 0 Å². The maximum Gasteiger partial charge on any atom is 0.418 e. The Morgan fingerprint density at radius 2 is 1.82 bits per heavy atom. The molecular weight excluding hydrogens is 453 g/mol. The standard InChI is InChI=1S/C23H29F3N4O4/c24-23(25,26)17-5-4-15(10-19(17)28-7-2-1-3-8-28)34-16-11-30(12-16)22(32)29-9-6-20-18(13-29)27-21(31)14-33-20/h4-5,10,16,18,20H,1-3,6-9,11-14H2,(H,27,31)/t18-,20+/m1/s1. The van der Waals surface area contributed by atoms with Gasteiger partial charge in [0.25, 0.3) is 0 Å². The number of piperidine rings is 2. The van der Waals surface area contributed by atoms with E-state index < -0.39 is 11.7 Å². The van der Waals surface area contributed by atoms with Gasteiger partial charge in [-0.1, -0.05) is 0 Å². The Hall–Kier alpha value is -2.69. The lowest BCUT2D eigenvalue weighted by molar-refractivity contribution is -0.140. The number of amides is 3. The van der Waals surface area contributed by atoms with Crippen molar-refractivity contribution in [2.75, 3.05) is 50.8 Å². The number of carbonyl (C=O) groups excluding carboxylic acids is 2. The number of hydrogen-bond acceptors (Lipinski definition) is 5. The van der Waals surface area contributed by atoms with Gasteiger partial charge in [-0.3, -0.25) is 4.79 Å². The van der Waals surface area contributed by atoms with Crippen LogP contribution in [0.2, 0.25) is 0 Å². The fourth-order valence-electron chi connectivity index (χ4n) is 5.16. The van der Waals surface area contributed by atoms with Crippen LogP contribution >= 0.6 is 0 Å². The summed E-state index contributed by atoms with van der Waals surface area (Å²) >= 11 is 0. The predicted molar refractivity (Wildman–Crippen MR) is 117 cm³/mol. The number of anilines is 1. The fraction of sp³-hybridized carbons (Fsp3) is 0.652. The van der Waals surface area contributed by atoms with Crippen LogP contribution in [-0.2, 0) is 15.7 Å². The van der Waals surface area contributed by atoms with Crippen molar-refractivity contribution >= 4 is 17.6 Å². The maximum atomic E-state index is 13.6. The van der Waals surface area contributed by atoms with E-state index in [1.54, 1.807) is 14.7 Å². The molecular formula is C23H29F3N4O4. The van der Waals surface area contributed by atoms with Crippen LogP contribution in [-0.4, -0.2) is 85.9 Å². The summed E-state index contributed by atoms with van der Waals surface area (Å²) in [7, 11) is 0. The van der Waals surface area contributed by atoms with Gasteiger partial charge in [0.05, 0.1) is 36.5 Å². The van der Waals surface area contributed by atoms with E-state index in [0.29, 0.717) is 51.4 Å². The van der Waals surface area contributed by atoms with E-state index in [0.717, 1.165) is 25.3 Å². The second-order valence-corrected chi connectivity index (χ2v) is 9.41. The highest BCUT2D eigenvalue weighted by Gasteiger charge is 2.41. The number of likely N-dealkylation sites (tertiary alicyclic amines) is 2. The van der Waals surface area contributed by atoms with Crippen molar-refractivity contribution in [1.82, 2.24) is 15.1 Å². The monoisotopic (exact) mass is 482 g/mol. The predicted octanol–water partition coefficient (Wildman–Crippen LogP) is 2.47. The van der Waals surface area contributed by atoms with Gasteiger partial charge in [0.15, 0.2) is 0 Å². The minimum absolute atomic E-state index is 0.0592. The second kappa shape index (κ2) is 9.16. The highest BCUT2D eigenvalue weighted by Crippen LogP contribution is 2.40. The second-order valence-electron chi connectivity index (χ2n) is 9.41. The molecule has 1 aromatic rings. The number of benzene rings is 1. The highest BCUT2D eigenvalue weighted by atomic mass is 19.4. The average molecular weight is 483 g/mol. The lowest BCUT2D eigenvalue weighted by Crippen LogP contribution is -2.65. The largest absolute Gasteiger partial charge is 0.487 e. The molecule has 8 nitrogen and oxygen atoms in total. The van der Waals surface area contributed by atoms with Crippen molar-refractivity contribution in [3.05, 3.63) is 23.8 Å². The number of morpholine rings is 1. The molecule has 3 amide bonds. The van der Waals surface area contributed by atoms with Gasteiger partial charge in [0, 0.05) is 32.2 Å². The maximum absolute atomic E-state index is 13.6. The molecule has 4 saturated heterocycles. The van der Waals surface area contributed by atoms with Gasteiger partial charge in [-0.15, -0.1) is 0 Å². The quantitative estimate of drug-likeness (QED) is 0.717. The van der Waals surface area contributed by atoms with E-state index in [4.69, 9.17) is 9.47 Å². The molecule has 4 aliphatic rings. The van der Waals surface area contributed by atoms with Crippen molar-refractivity contribution < 1.29 is 32.2 Å². The number of nitrogens with one attached hydrogen (secondary N) is 1. The first-order valence-electron chi connectivity index (χ1n) is 11.9. The topological polar surface area (TPSA) is 74.3 Å². The number of hydrogen-bond donors (Lipinski definition) is 1. The molecule has 0 aromatic heterocycles. The molecule has 4 aliphatic heterocycles. The summed E-state index contributed by atoms with van der Waals surface area (Å²) in [4.78, 5) is 29.6. The van der Waals surface area contributed by atoms with Crippen LogP contribution in [0.5, 0.6) is 5.75 Å². The number of ether oxygens (including phenoxy) is 2. The SMILES string of the molecule is O=C1CO[C@H]2CCN(C(=O)N3CC(Oc4ccc(C(F)(F)F)c(N5CCCCC5)c4)C3)C[C@H]2N1. The van der Waals surface area contributed by atoms with Gasteiger partial charge in [0.1, 0.15) is 18.5 Å². The van der Waals surface area contributed by atoms with Crippen molar-refractivity contribution in [3.63, 3.8) is 0 Å². The van der Waals surface area contributed by atoms with Crippen LogP contribution in [0.3, 0.4) is 0 Å². The van der Waals surface area contributed by atoms with Crippen LogP contribution in [0, 0.1) is 0 Å². The molecule has 2 atom stereocenters. The molecule has 4 heterocycles. The molecule has 0 radical (unpaired) electrons. The molecule has 0 saturated carbocycles. The van der Waals surface area contributed by atoms with Crippen LogP contribution < -0.4 is 15.0 Å². The van der Waals surface area contributed by atoms with Gasteiger partial charge in [0.2, 0.25) is 5.91 Å². The summed E-state index contributed by atoms with van der Waals surface area (Å²) in [6.07, 6.45) is -1.34. The number of halogens is 3. The number of alkyl halides is 3. The summed E-state index contributed by atoms with van der Waals surface area (Å²) in [5.41, 5.74) is -0.481. The number of urea groups is 1. The molecule has 1 aromatic carbocycles. The average Bonchev–Trinajstić information content (AvgIpc) is 2.80. The lowest BCUT2D eigenvalue weighted by atomic mass is 10.0. The Kier molecular flexibility index (Phi) is 6.22. The summed E-state index contributed by atoms with van der Waals surface area (Å²) in [5.74, 6) is 0.210. The van der Waals surface area contributed by atoms with E-state index in [-0.39, 0.29) is 42.5 Å². The molecule has 4 fully saturated rings. The Bertz CT molecular complexity index is 931. The Labute approximate surface area is 195 Å². The number of fused-ring (bicyclic) bond motifs is 1. The van der Waals surface area contributed by atoms with E-state index in [1.807, 2.05) is 0 Å². The zero-order chi connectivity index (χ0) is 23.9. The van der Waals surface area contributed by atoms with Crippen LogP contribution in [0.1, 0.15) is 31.2 Å². The smallest absolute Gasteiger partial charge is 0.418 e. The Morgan fingerprint density at radius 3 is 2.56 bits per heavy atom. The molecule has 0 spiro atoms. The minimum Gasteiger partial charge on any atom is -0.487 e. The third-order valence-electron chi connectivity index (χ3n) is 6.99. The van der Waals surface area contributed by atoms with Crippen LogP contribution in [0.25, 0.3) is 0 Å². The molecule has 186 valence electrons. The zero-order valence-electron chi connectivity index (χ0n) is 18.9. The van der Waals surface area contributed by atoms with Crippen molar-refractivity contribution in [1.29, 1.82) is 0 Å². The third-order valence-corrected chi connectivity index (χ3v) is 6.99. The van der Waals surface area contributed by atoms with E-state index in [9.17, 15) is 22.8 Å². The number of rotatable bonds is 3. The van der Waals surface area contributed by atoms with Crippen LogP contribution in [0.4, 0.5) is 23.7 Å². The van der Waals surface area contributed by atoms with Gasteiger partial charge < -0.3 is 29.5 Å². The van der Waals surface area contributed by atoms with Crippen molar-refractivity contribution in [2.45, 2.75) is 50.1 Å². The minimum atomic E-state index is -4.43. The van der Waals surface area contributed by atoms with Crippen molar-refractivity contribution in [3.8, 4) is 5.75 Å². The van der Waals surface area contributed by atoms with Gasteiger partial charge in [-0.05, 0) is 37.8 Å². The molecule has 11 heteroatoms. The van der Waals surface area contributed by atoms with Gasteiger partial charge in [-0.25, -0.2) is 4.79 Å². The first-order chi connectivity index (χ1) is 16.3. The molecule has 1 N–H and O–H groups in total. The Balaban J connectivity index is 1.18. The highest BCUT2D eigenvalue weighted by molar-refractivity contribution is 5.79. The number of carbonyl (C=O) groups is 2. The normalized spacial score (nSPS) is 26.0. The summed E-state index contributed by atoms with van der Waals surface area (Å²) < 4.78 is 52.2. The number of nitrogens with zero attached hydrogens (tertiary/aromatic N) is 3. The molecule has 5 rings (SSSR count). The molecule has 0 aliphatic carbocycles. The first kappa shape index (κ1) is 23.1. The van der Waals surface area contributed by atoms with E-state index in [2.05, 4.69) is 5.32 Å². The molecule has 0 unspecified atom stereocenters. The molecule has 34 heavy (non-hydrogen) atoms. The van der Waals surface area contributed by atoms with Gasteiger partial charge >= 0.3 is 12.2 Å². The third kappa shape index (κ3) is 4.75. The summed E-state index contributed by atoms with van der Waals surface area (Å²) in [6.45, 7) is 2.94.